The zero-order chi connectivity index (χ0) is 13.9. The Balaban J connectivity index is 2.10. The molecular formula is C18H16ClN. The van der Waals surface area contributed by atoms with Crippen molar-refractivity contribution >= 4 is 22.4 Å². The topological polar surface area (TPSA) is 12.0 Å². The molecule has 0 aliphatic heterocycles. The van der Waals surface area contributed by atoms with Gasteiger partial charge in [0.2, 0.25) is 0 Å². The van der Waals surface area contributed by atoms with E-state index in [1.54, 1.807) is 0 Å². The SMILES string of the molecule is CNC(c1ccc2ccccc2c1)c1ccccc1Cl. The molecule has 1 unspecified atom stereocenters. The molecule has 1 atom stereocenters. The maximum atomic E-state index is 6.33. The molecule has 0 fully saturated rings. The summed E-state index contributed by atoms with van der Waals surface area (Å²) in [5.74, 6) is 0. The van der Waals surface area contributed by atoms with Gasteiger partial charge in [-0.3, -0.25) is 0 Å². The second kappa shape index (κ2) is 5.66. The smallest absolute Gasteiger partial charge is 0.0589 e. The van der Waals surface area contributed by atoms with Crippen LogP contribution in [0.4, 0.5) is 0 Å². The van der Waals surface area contributed by atoms with E-state index in [9.17, 15) is 0 Å². The number of halogens is 1. The fraction of sp³-hybridized carbons (Fsp3) is 0.111. The molecule has 0 bridgehead atoms. The Morgan fingerprint density at radius 2 is 1.55 bits per heavy atom. The van der Waals surface area contributed by atoms with Gasteiger partial charge in [0.1, 0.15) is 0 Å². The van der Waals surface area contributed by atoms with Crippen molar-refractivity contribution in [2.75, 3.05) is 7.05 Å². The van der Waals surface area contributed by atoms with E-state index in [0.29, 0.717) is 0 Å². The van der Waals surface area contributed by atoms with Crippen molar-refractivity contribution in [1.82, 2.24) is 5.32 Å². The van der Waals surface area contributed by atoms with Crippen LogP contribution in [0.15, 0.2) is 66.7 Å². The predicted molar refractivity (Wildman–Crippen MR) is 86.3 cm³/mol. The normalized spacial score (nSPS) is 12.5. The van der Waals surface area contributed by atoms with Crippen LogP contribution in [0.5, 0.6) is 0 Å². The summed E-state index contributed by atoms with van der Waals surface area (Å²) in [7, 11) is 1.96. The molecular weight excluding hydrogens is 266 g/mol. The minimum Gasteiger partial charge on any atom is -0.309 e. The third-order valence-electron chi connectivity index (χ3n) is 3.61. The molecule has 3 aromatic carbocycles. The van der Waals surface area contributed by atoms with Crippen LogP contribution >= 0.6 is 11.6 Å². The highest BCUT2D eigenvalue weighted by Crippen LogP contribution is 2.29. The number of benzene rings is 3. The minimum atomic E-state index is 0.105. The highest BCUT2D eigenvalue weighted by molar-refractivity contribution is 6.31. The first-order valence-corrected chi connectivity index (χ1v) is 7.08. The first-order valence-electron chi connectivity index (χ1n) is 6.70. The summed E-state index contributed by atoms with van der Waals surface area (Å²) in [6.45, 7) is 0. The van der Waals surface area contributed by atoms with Crippen molar-refractivity contribution in [1.29, 1.82) is 0 Å². The highest BCUT2D eigenvalue weighted by Gasteiger charge is 2.14. The molecule has 0 amide bonds. The summed E-state index contributed by atoms with van der Waals surface area (Å²) in [4.78, 5) is 0. The van der Waals surface area contributed by atoms with Crippen LogP contribution in [0, 0.1) is 0 Å². The Labute approximate surface area is 124 Å². The van der Waals surface area contributed by atoms with E-state index in [1.807, 2.05) is 25.2 Å². The lowest BCUT2D eigenvalue weighted by molar-refractivity contribution is 0.693. The molecule has 0 spiro atoms. The summed E-state index contributed by atoms with van der Waals surface area (Å²) in [6.07, 6.45) is 0. The molecule has 100 valence electrons. The van der Waals surface area contributed by atoms with E-state index in [4.69, 9.17) is 11.6 Å². The monoisotopic (exact) mass is 281 g/mol. The van der Waals surface area contributed by atoms with Crippen LogP contribution in [0.1, 0.15) is 17.2 Å². The van der Waals surface area contributed by atoms with Crippen molar-refractivity contribution in [2.45, 2.75) is 6.04 Å². The fourth-order valence-corrected chi connectivity index (χ4v) is 2.84. The number of nitrogens with one attached hydrogen (secondary N) is 1. The van der Waals surface area contributed by atoms with Gasteiger partial charge < -0.3 is 5.32 Å². The Hall–Kier alpha value is -1.83. The molecule has 0 aromatic heterocycles. The van der Waals surface area contributed by atoms with E-state index < -0.39 is 0 Å². The molecule has 0 saturated heterocycles. The van der Waals surface area contributed by atoms with Gasteiger partial charge in [-0.1, -0.05) is 66.2 Å². The number of hydrogen-bond acceptors (Lipinski definition) is 1. The van der Waals surface area contributed by atoms with Crippen LogP contribution in [-0.2, 0) is 0 Å². The van der Waals surface area contributed by atoms with E-state index in [1.165, 1.54) is 16.3 Å². The third kappa shape index (κ3) is 2.43. The molecule has 0 heterocycles. The van der Waals surface area contributed by atoms with Crippen molar-refractivity contribution in [3.8, 4) is 0 Å². The second-order valence-corrected chi connectivity index (χ2v) is 5.26. The fourth-order valence-electron chi connectivity index (χ4n) is 2.60. The van der Waals surface area contributed by atoms with Gasteiger partial charge in [-0.15, -0.1) is 0 Å². The average Bonchev–Trinajstić information content (AvgIpc) is 2.50. The Morgan fingerprint density at radius 3 is 2.30 bits per heavy atom. The first kappa shape index (κ1) is 13.2. The quantitative estimate of drug-likeness (QED) is 0.727. The molecule has 1 nitrogen and oxygen atoms in total. The van der Waals surface area contributed by atoms with E-state index in [-0.39, 0.29) is 6.04 Å². The number of fused-ring (bicyclic) bond motifs is 1. The molecule has 0 saturated carbocycles. The molecule has 3 rings (SSSR count). The summed E-state index contributed by atoms with van der Waals surface area (Å²) in [6, 6.07) is 23.0. The summed E-state index contributed by atoms with van der Waals surface area (Å²) in [5, 5.41) is 6.65. The van der Waals surface area contributed by atoms with Crippen molar-refractivity contribution < 1.29 is 0 Å². The van der Waals surface area contributed by atoms with Crippen LogP contribution in [0.2, 0.25) is 5.02 Å². The molecule has 2 heteroatoms. The minimum absolute atomic E-state index is 0.105. The second-order valence-electron chi connectivity index (χ2n) is 4.85. The van der Waals surface area contributed by atoms with Crippen LogP contribution in [0.25, 0.3) is 10.8 Å². The average molecular weight is 282 g/mol. The number of hydrogen-bond donors (Lipinski definition) is 1. The standard InChI is InChI=1S/C18H16ClN/c1-20-18(16-8-4-5-9-17(16)19)15-11-10-13-6-2-3-7-14(13)12-15/h2-12,18,20H,1H3. The zero-order valence-electron chi connectivity index (χ0n) is 11.3. The predicted octanol–water partition coefficient (Wildman–Crippen LogP) is 4.80. The van der Waals surface area contributed by atoms with Gasteiger partial charge in [0.15, 0.2) is 0 Å². The summed E-state index contributed by atoms with van der Waals surface area (Å²) in [5.41, 5.74) is 2.33. The van der Waals surface area contributed by atoms with Crippen molar-refractivity contribution in [3.05, 3.63) is 82.9 Å². The van der Waals surface area contributed by atoms with Gasteiger partial charge in [0.05, 0.1) is 6.04 Å². The van der Waals surface area contributed by atoms with Crippen molar-refractivity contribution in [2.24, 2.45) is 0 Å². The molecule has 20 heavy (non-hydrogen) atoms. The zero-order valence-corrected chi connectivity index (χ0v) is 12.1. The van der Waals surface area contributed by atoms with E-state index >= 15 is 0 Å². The summed E-state index contributed by atoms with van der Waals surface area (Å²) >= 11 is 6.33. The molecule has 0 aliphatic rings. The van der Waals surface area contributed by atoms with Crippen LogP contribution in [0.3, 0.4) is 0 Å². The molecule has 0 radical (unpaired) electrons. The maximum absolute atomic E-state index is 6.33. The molecule has 3 aromatic rings. The molecule has 0 aliphatic carbocycles. The Morgan fingerprint density at radius 1 is 0.850 bits per heavy atom. The Bertz CT molecular complexity index is 736. The largest absolute Gasteiger partial charge is 0.309 e. The van der Waals surface area contributed by atoms with Gasteiger partial charge in [0, 0.05) is 5.02 Å². The first-order chi connectivity index (χ1) is 9.79. The highest BCUT2D eigenvalue weighted by atomic mass is 35.5. The maximum Gasteiger partial charge on any atom is 0.0589 e. The molecule has 1 N–H and O–H groups in total. The van der Waals surface area contributed by atoms with Crippen LogP contribution in [-0.4, -0.2) is 7.05 Å². The van der Waals surface area contributed by atoms with Gasteiger partial charge in [0.25, 0.3) is 0 Å². The lowest BCUT2D eigenvalue weighted by Crippen LogP contribution is -2.17. The van der Waals surface area contributed by atoms with Crippen LogP contribution < -0.4 is 5.32 Å². The third-order valence-corrected chi connectivity index (χ3v) is 3.96. The Kier molecular flexibility index (Phi) is 3.72. The lowest BCUT2D eigenvalue weighted by Gasteiger charge is -2.19. The summed E-state index contributed by atoms with van der Waals surface area (Å²) < 4.78 is 0. The van der Waals surface area contributed by atoms with Crippen molar-refractivity contribution in [3.63, 3.8) is 0 Å². The van der Waals surface area contributed by atoms with E-state index in [0.717, 1.165) is 10.6 Å². The van der Waals surface area contributed by atoms with Gasteiger partial charge in [-0.25, -0.2) is 0 Å². The van der Waals surface area contributed by atoms with Gasteiger partial charge in [-0.2, -0.15) is 0 Å². The van der Waals surface area contributed by atoms with E-state index in [2.05, 4.69) is 53.8 Å². The van der Waals surface area contributed by atoms with Gasteiger partial charge >= 0.3 is 0 Å². The van der Waals surface area contributed by atoms with Gasteiger partial charge in [-0.05, 0) is 41.1 Å². The lowest BCUT2D eigenvalue weighted by atomic mass is 9.96. The number of rotatable bonds is 3.